The third kappa shape index (κ3) is 9.67. The van der Waals surface area contributed by atoms with E-state index in [1.807, 2.05) is 84.4 Å². The molecule has 0 saturated heterocycles. The van der Waals surface area contributed by atoms with Crippen LogP contribution in [0.1, 0.15) is 37.8 Å². The Balaban J connectivity index is 1.63. The Morgan fingerprint density at radius 2 is 1.74 bits per heavy atom. The molecule has 0 aliphatic rings. The fourth-order valence-corrected chi connectivity index (χ4v) is 4.19. The third-order valence-corrected chi connectivity index (χ3v) is 6.32. The van der Waals surface area contributed by atoms with Gasteiger partial charge in [-0.1, -0.05) is 56.3 Å². The molecule has 0 bridgehead atoms. The monoisotopic (exact) mass is 519 g/mol. The molecule has 2 atom stereocenters. The van der Waals surface area contributed by atoms with Crippen LogP contribution in [0.5, 0.6) is 5.75 Å². The second-order valence-corrected chi connectivity index (χ2v) is 10.2. The van der Waals surface area contributed by atoms with Crippen molar-refractivity contribution in [2.75, 3.05) is 20.6 Å². The van der Waals surface area contributed by atoms with E-state index >= 15 is 0 Å². The largest absolute Gasteiger partial charge is 0.489 e. The number of hydrogen-bond donors (Lipinski definition) is 2. The SMILES string of the molecule is CC(C)C[C@@H](C(=O)N[C@@H](Cc1ccc(OCc2ccccc2)cc1)C(=O)NCCCn1ccnc1)N(C)C. The predicted octanol–water partition coefficient (Wildman–Crippen LogP) is 3.67. The number of carbonyl (C=O) groups excluding carboxylic acids is 2. The molecule has 2 N–H and O–H groups in total. The van der Waals surface area contributed by atoms with Crippen molar-refractivity contribution < 1.29 is 14.3 Å². The highest BCUT2D eigenvalue weighted by atomic mass is 16.5. The number of benzene rings is 2. The number of aromatic nitrogens is 2. The zero-order chi connectivity index (χ0) is 27.3. The van der Waals surface area contributed by atoms with Gasteiger partial charge < -0.3 is 19.9 Å². The topological polar surface area (TPSA) is 88.5 Å². The molecular weight excluding hydrogens is 478 g/mol. The molecule has 3 rings (SSSR count). The number of hydrogen-bond acceptors (Lipinski definition) is 5. The van der Waals surface area contributed by atoms with Crippen LogP contribution in [-0.2, 0) is 29.2 Å². The molecular formula is C30H41N5O3. The van der Waals surface area contributed by atoms with Gasteiger partial charge in [-0.25, -0.2) is 4.98 Å². The van der Waals surface area contributed by atoms with E-state index in [-0.39, 0.29) is 17.9 Å². The van der Waals surface area contributed by atoms with Gasteiger partial charge in [0, 0.05) is 31.9 Å². The Kier molecular flexibility index (Phi) is 11.4. The van der Waals surface area contributed by atoms with Crippen molar-refractivity contribution in [3.63, 3.8) is 0 Å². The summed E-state index contributed by atoms with van der Waals surface area (Å²) in [5, 5.41) is 6.03. The molecule has 204 valence electrons. The Morgan fingerprint density at radius 1 is 1.00 bits per heavy atom. The van der Waals surface area contributed by atoms with Crippen molar-refractivity contribution in [2.24, 2.45) is 5.92 Å². The Bertz CT molecular complexity index is 1100. The van der Waals surface area contributed by atoms with Crippen LogP contribution in [0.2, 0.25) is 0 Å². The summed E-state index contributed by atoms with van der Waals surface area (Å²) in [6.45, 7) is 5.95. The van der Waals surface area contributed by atoms with Gasteiger partial charge in [-0.05, 0) is 56.1 Å². The molecule has 0 unspecified atom stereocenters. The lowest BCUT2D eigenvalue weighted by molar-refractivity contribution is -0.131. The maximum absolute atomic E-state index is 13.2. The van der Waals surface area contributed by atoms with Gasteiger partial charge in [0.05, 0.1) is 12.4 Å². The number of carbonyl (C=O) groups is 2. The number of imidazole rings is 1. The number of aryl methyl sites for hydroxylation is 1. The first-order valence-corrected chi connectivity index (χ1v) is 13.3. The maximum Gasteiger partial charge on any atom is 0.242 e. The van der Waals surface area contributed by atoms with E-state index in [1.165, 1.54) is 0 Å². The van der Waals surface area contributed by atoms with Crippen LogP contribution in [0, 0.1) is 5.92 Å². The third-order valence-electron chi connectivity index (χ3n) is 6.32. The molecule has 0 aliphatic carbocycles. The average molecular weight is 520 g/mol. The van der Waals surface area contributed by atoms with E-state index in [4.69, 9.17) is 4.74 Å². The van der Waals surface area contributed by atoms with E-state index in [9.17, 15) is 9.59 Å². The van der Waals surface area contributed by atoms with Crippen LogP contribution >= 0.6 is 0 Å². The van der Waals surface area contributed by atoms with Crippen molar-refractivity contribution in [3.05, 3.63) is 84.4 Å². The standard InChI is InChI=1S/C30H41N5O3/c1-23(2)19-28(34(3)4)30(37)33-27(29(36)32-15-8-17-35-18-16-31-22-35)20-24-11-13-26(14-12-24)38-21-25-9-6-5-7-10-25/h5-7,9-14,16,18,22-23,27-28H,8,15,17,19-21H2,1-4H3,(H,32,36)(H,33,37)/t27-,28-/m0/s1. The molecule has 0 aliphatic heterocycles. The van der Waals surface area contributed by atoms with E-state index in [0.717, 1.165) is 29.8 Å². The molecule has 1 heterocycles. The molecule has 8 heteroatoms. The van der Waals surface area contributed by atoms with Crippen LogP contribution < -0.4 is 15.4 Å². The minimum Gasteiger partial charge on any atom is -0.489 e. The molecule has 38 heavy (non-hydrogen) atoms. The molecule has 8 nitrogen and oxygen atoms in total. The van der Waals surface area contributed by atoms with Gasteiger partial charge in [0.15, 0.2) is 0 Å². The minimum atomic E-state index is -0.679. The minimum absolute atomic E-state index is 0.134. The van der Waals surface area contributed by atoms with Gasteiger partial charge in [-0.3, -0.25) is 14.5 Å². The second kappa shape index (κ2) is 14.9. The quantitative estimate of drug-likeness (QED) is 0.299. The second-order valence-electron chi connectivity index (χ2n) is 10.2. The molecule has 0 spiro atoms. The van der Waals surface area contributed by atoms with Gasteiger partial charge in [0.1, 0.15) is 18.4 Å². The lowest BCUT2D eigenvalue weighted by atomic mass is 10.0. The van der Waals surface area contributed by atoms with Gasteiger partial charge in [-0.15, -0.1) is 0 Å². The molecule has 1 aromatic heterocycles. The number of nitrogens with one attached hydrogen (secondary N) is 2. The fraction of sp³-hybridized carbons (Fsp3) is 0.433. The Morgan fingerprint density at radius 3 is 2.37 bits per heavy atom. The normalized spacial score (nSPS) is 12.8. The van der Waals surface area contributed by atoms with Crippen LogP contribution in [0.4, 0.5) is 0 Å². The van der Waals surface area contributed by atoms with E-state index in [1.54, 1.807) is 12.5 Å². The van der Waals surface area contributed by atoms with Crippen molar-refractivity contribution in [1.29, 1.82) is 0 Å². The summed E-state index contributed by atoms with van der Waals surface area (Å²) in [5.41, 5.74) is 2.04. The highest BCUT2D eigenvalue weighted by Crippen LogP contribution is 2.16. The van der Waals surface area contributed by atoms with Crippen molar-refractivity contribution in [2.45, 2.75) is 58.3 Å². The highest BCUT2D eigenvalue weighted by molar-refractivity contribution is 5.90. The summed E-state index contributed by atoms with van der Waals surface area (Å²) in [6, 6.07) is 16.7. The number of amides is 2. The maximum atomic E-state index is 13.2. The van der Waals surface area contributed by atoms with Crippen LogP contribution in [-0.4, -0.2) is 59.0 Å². The highest BCUT2D eigenvalue weighted by Gasteiger charge is 2.27. The summed E-state index contributed by atoms with van der Waals surface area (Å²) in [7, 11) is 3.79. The molecule has 2 aromatic carbocycles. The fourth-order valence-electron chi connectivity index (χ4n) is 4.19. The van der Waals surface area contributed by atoms with E-state index in [0.29, 0.717) is 31.9 Å². The summed E-state index contributed by atoms with van der Waals surface area (Å²) in [4.78, 5) is 32.4. The van der Waals surface area contributed by atoms with Crippen molar-refractivity contribution in [1.82, 2.24) is 25.1 Å². The summed E-state index contributed by atoms with van der Waals surface area (Å²) < 4.78 is 7.87. The van der Waals surface area contributed by atoms with Gasteiger partial charge >= 0.3 is 0 Å². The van der Waals surface area contributed by atoms with Gasteiger partial charge in [0.2, 0.25) is 11.8 Å². The average Bonchev–Trinajstić information content (AvgIpc) is 3.43. The first kappa shape index (κ1) is 28.9. The number of nitrogens with zero attached hydrogens (tertiary/aromatic N) is 3. The molecule has 0 radical (unpaired) electrons. The van der Waals surface area contributed by atoms with Gasteiger partial charge in [-0.2, -0.15) is 0 Å². The first-order valence-electron chi connectivity index (χ1n) is 13.3. The molecule has 3 aromatic rings. The molecule has 0 fully saturated rings. The summed E-state index contributed by atoms with van der Waals surface area (Å²) >= 11 is 0. The first-order chi connectivity index (χ1) is 18.3. The smallest absolute Gasteiger partial charge is 0.242 e. The van der Waals surface area contributed by atoms with Gasteiger partial charge in [0.25, 0.3) is 0 Å². The van der Waals surface area contributed by atoms with Crippen LogP contribution in [0.3, 0.4) is 0 Å². The number of likely N-dealkylation sites (N-methyl/N-ethyl adjacent to an activating group) is 1. The lowest BCUT2D eigenvalue weighted by Gasteiger charge is -2.27. The van der Waals surface area contributed by atoms with Crippen molar-refractivity contribution in [3.8, 4) is 5.75 Å². The summed E-state index contributed by atoms with van der Waals surface area (Å²) in [5.74, 6) is 0.791. The van der Waals surface area contributed by atoms with Crippen molar-refractivity contribution >= 4 is 11.8 Å². The molecule has 0 saturated carbocycles. The molecule has 2 amide bonds. The Labute approximate surface area is 226 Å². The van der Waals surface area contributed by atoms with E-state index < -0.39 is 6.04 Å². The predicted molar refractivity (Wildman–Crippen MR) is 150 cm³/mol. The number of rotatable bonds is 15. The van der Waals surface area contributed by atoms with E-state index in [2.05, 4.69) is 29.5 Å². The zero-order valence-electron chi connectivity index (χ0n) is 23.0. The van der Waals surface area contributed by atoms with Crippen LogP contribution in [0.15, 0.2) is 73.3 Å². The lowest BCUT2D eigenvalue weighted by Crippen LogP contribution is -2.53. The Hall–Kier alpha value is -3.65. The van der Waals surface area contributed by atoms with Crippen LogP contribution in [0.25, 0.3) is 0 Å². The number of ether oxygens (including phenoxy) is 1. The zero-order valence-corrected chi connectivity index (χ0v) is 23.0. The summed E-state index contributed by atoms with van der Waals surface area (Å²) in [6.07, 6.45) is 7.26.